The second-order valence-electron chi connectivity index (χ2n) is 12.6. The number of hydrogen-bond acceptors (Lipinski definition) is 7. The Hall–Kier alpha value is -2.57. The van der Waals surface area contributed by atoms with Crippen molar-refractivity contribution < 1.29 is 32.2 Å². The van der Waals surface area contributed by atoms with Gasteiger partial charge in [0.1, 0.15) is 16.8 Å². The molecule has 0 spiro atoms. The number of morpholine rings is 1. The highest BCUT2D eigenvalue weighted by Gasteiger charge is 2.56. The van der Waals surface area contributed by atoms with Crippen molar-refractivity contribution in [2.75, 3.05) is 5.75 Å². The highest BCUT2D eigenvalue weighted by Crippen LogP contribution is 2.51. The van der Waals surface area contributed by atoms with Gasteiger partial charge in [-0.25, -0.2) is 22.6 Å². The van der Waals surface area contributed by atoms with E-state index in [1.807, 2.05) is 0 Å². The number of amides is 1. The molecule has 1 aromatic heterocycles. The second kappa shape index (κ2) is 12.0. The van der Waals surface area contributed by atoms with Gasteiger partial charge in [0.2, 0.25) is 0 Å². The average molecular weight is 684 g/mol. The molecule has 8 nitrogen and oxygen atoms in total. The lowest BCUT2D eigenvalue weighted by Crippen LogP contribution is -2.62. The Morgan fingerprint density at radius 2 is 1.91 bits per heavy atom. The van der Waals surface area contributed by atoms with E-state index in [1.54, 1.807) is 62.9 Å². The summed E-state index contributed by atoms with van der Waals surface area (Å²) >= 11 is 13.4. The summed E-state index contributed by atoms with van der Waals surface area (Å²) in [6.07, 6.45) is 1.71. The van der Waals surface area contributed by atoms with Crippen molar-refractivity contribution in [3.8, 4) is 0 Å². The molecule has 1 unspecified atom stereocenters. The summed E-state index contributed by atoms with van der Waals surface area (Å²) in [7, 11) is -3.71. The van der Waals surface area contributed by atoms with Gasteiger partial charge in [-0.3, -0.25) is 4.79 Å². The van der Waals surface area contributed by atoms with Crippen molar-refractivity contribution in [1.29, 1.82) is 0 Å². The maximum Gasteiger partial charge on any atom is 0.347 e. The number of benzene rings is 2. The molecule has 1 aliphatic heterocycles. The number of carboxylic acids is 1. The SMILES string of the molecule is CC(C)(C)S(=O)(=O)C[C@H](C1CC1)N1C(=O)[C@](C)(Cc2ncc(C(=O)O)s2)O[C@H](c2cccc(Cl)c2)C1c1ccc(Cl)c(F)c1. The van der Waals surface area contributed by atoms with Crippen LogP contribution in [0.25, 0.3) is 0 Å². The number of aromatic nitrogens is 1. The third-order valence-corrected chi connectivity index (χ3v) is 12.4. The zero-order valence-electron chi connectivity index (χ0n) is 24.6. The number of aromatic carboxylic acids is 1. The molecule has 1 N–H and O–H groups in total. The highest BCUT2D eigenvalue weighted by molar-refractivity contribution is 7.92. The predicted octanol–water partition coefficient (Wildman–Crippen LogP) is 6.92. The van der Waals surface area contributed by atoms with Gasteiger partial charge in [0.25, 0.3) is 5.91 Å². The molecule has 0 bridgehead atoms. The normalized spacial score (nSPS) is 23.5. The Labute approximate surface area is 270 Å². The van der Waals surface area contributed by atoms with Crippen LogP contribution in [0.15, 0.2) is 48.7 Å². The zero-order chi connectivity index (χ0) is 32.2. The summed E-state index contributed by atoms with van der Waals surface area (Å²) in [5.41, 5.74) is -0.602. The number of ether oxygens (including phenoxy) is 1. The fourth-order valence-electron chi connectivity index (χ4n) is 5.56. The summed E-state index contributed by atoms with van der Waals surface area (Å²) in [6, 6.07) is 9.50. The van der Waals surface area contributed by atoms with E-state index in [0.29, 0.717) is 21.2 Å². The van der Waals surface area contributed by atoms with Crippen molar-refractivity contribution in [2.24, 2.45) is 5.92 Å². The largest absolute Gasteiger partial charge is 0.477 e. The Morgan fingerprint density at radius 1 is 1.20 bits per heavy atom. The van der Waals surface area contributed by atoms with Gasteiger partial charge in [0.05, 0.1) is 32.8 Å². The van der Waals surface area contributed by atoms with Gasteiger partial charge in [-0.15, -0.1) is 11.3 Å². The van der Waals surface area contributed by atoms with E-state index in [2.05, 4.69) is 4.98 Å². The quantitative estimate of drug-likeness (QED) is 0.261. The molecule has 0 radical (unpaired) electrons. The van der Waals surface area contributed by atoms with Crippen LogP contribution in [0.2, 0.25) is 10.0 Å². The number of hydrogen-bond donors (Lipinski definition) is 1. The van der Waals surface area contributed by atoms with E-state index in [9.17, 15) is 23.1 Å². The van der Waals surface area contributed by atoms with Gasteiger partial charge < -0.3 is 14.7 Å². The van der Waals surface area contributed by atoms with E-state index >= 15 is 4.39 Å². The number of halogens is 3. The Kier molecular flexibility index (Phi) is 8.94. The fourth-order valence-corrected chi connectivity index (χ4v) is 8.16. The van der Waals surface area contributed by atoms with Crippen molar-refractivity contribution in [3.63, 3.8) is 0 Å². The third-order valence-electron chi connectivity index (χ3n) is 8.22. The third kappa shape index (κ3) is 6.53. The van der Waals surface area contributed by atoms with Crippen LogP contribution in [0.1, 0.15) is 78.5 Å². The molecule has 44 heavy (non-hydrogen) atoms. The number of carbonyl (C=O) groups is 2. The number of thiazole rings is 1. The van der Waals surface area contributed by atoms with Crippen LogP contribution in [0.4, 0.5) is 4.39 Å². The molecular formula is C31H33Cl2FN2O6S2. The number of sulfone groups is 1. The molecule has 4 atom stereocenters. The minimum absolute atomic E-state index is 0.0109. The standard InChI is InChI=1S/C31H33Cl2FN2O6S2/c1-30(2,3)44(40,41)16-23(17-8-9-17)36-26(18-10-11-21(33)22(34)13-18)27(19-6-5-7-20(32)12-19)42-31(4,29(36)39)14-25-35-15-24(43-25)28(37)38/h5-7,10-13,15,17,23,26-27H,8-9,14,16H2,1-4H3,(H,37,38)/t23-,26?,27-,31+/m1/s1. The molecule has 1 amide bonds. The summed E-state index contributed by atoms with van der Waals surface area (Å²) in [6.45, 7) is 6.48. The Morgan fingerprint density at radius 3 is 2.48 bits per heavy atom. The van der Waals surface area contributed by atoms with Crippen LogP contribution in [0, 0.1) is 11.7 Å². The topological polar surface area (TPSA) is 114 Å². The number of carboxylic acid groups (broad SMARTS) is 1. The molecule has 13 heteroatoms. The van der Waals surface area contributed by atoms with Crippen molar-refractivity contribution in [1.82, 2.24) is 9.88 Å². The second-order valence-corrected chi connectivity index (χ2v) is 17.3. The van der Waals surface area contributed by atoms with Crippen molar-refractivity contribution in [3.05, 3.63) is 85.5 Å². The first-order chi connectivity index (χ1) is 20.5. The maximum absolute atomic E-state index is 15.0. The molecule has 2 fully saturated rings. The zero-order valence-corrected chi connectivity index (χ0v) is 27.7. The summed E-state index contributed by atoms with van der Waals surface area (Å²) in [4.78, 5) is 32.2. The van der Waals surface area contributed by atoms with E-state index < -0.39 is 56.1 Å². The molecule has 5 rings (SSSR count). The summed E-state index contributed by atoms with van der Waals surface area (Å²) in [5, 5.41) is 10.1. The lowest BCUT2D eigenvalue weighted by molar-refractivity contribution is -0.202. The van der Waals surface area contributed by atoms with Crippen LogP contribution in [-0.2, 0) is 25.8 Å². The van der Waals surface area contributed by atoms with Crippen molar-refractivity contribution >= 4 is 56.3 Å². The number of rotatable bonds is 9. The molecule has 1 saturated heterocycles. The first kappa shape index (κ1) is 32.8. The summed E-state index contributed by atoms with van der Waals surface area (Å²) in [5.74, 6) is -2.72. The molecule has 2 aliphatic rings. The molecule has 236 valence electrons. The highest BCUT2D eigenvalue weighted by atomic mass is 35.5. The molecule has 1 saturated carbocycles. The van der Waals surface area contributed by atoms with Gasteiger partial charge in [-0.2, -0.15) is 0 Å². The van der Waals surface area contributed by atoms with Gasteiger partial charge in [0.15, 0.2) is 15.4 Å². The van der Waals surface area contributed by atoms with Gasteiger partial charge in [-0.05, 0) is 81.8 Å². The van der Waals surface area contributed by atoms with E-state index in [4.69, 9.17) is 27.9 Å². The molecule has 2 heterocycles. The van der Waals surface area contributed by atoms with Crippen LogP contribution < -0.4 is 0 Å². The van der Waals surface area contributed by atoms with E-state index in [0.717, 1.165) is 24.2 Å². The van der Waals surface area contributed by atoms with Crippen LogP contribution >= 0.6 is 34.5 Å². The minimum Gasteiger partial charge on any atom is -0.477 e. The van der Waals surface area contributed by atoms with Crippen molar-refractivity contribution in [2.45, 2.75) is 75.5 Å². The molecule has 3 aromatic rings. The number of carbonyl (C=O) groups excluding carboxylic acids is 1. The van der Waals surface area contributed by atoms with E-state index in [1.165, 1.54) is 18.3 Å². The van der Waals surface area contributed by atoms with Crippen LogP contribution in [0.3, 0.4) is 0 Å². The summed E-state index contributed by atoms with van der Waals surface area (Å²) < 4.78 is 48.0. The first-order valence-corrected chi connectivity index (χ1v) is 17.3. The molecule has 1 aliphatic carbocycles. The fraction of sp³-hybridized carbons (Fsp3) is 0.452. The van der Waals surface area contributed by atoms with Gasteiger partial charge in [-0.1, -0.05) is 41.4 Å². The van der Waals surface area contributed by atoms with E-state index in [-0.39, 0.29) is 28.0 Å². The molecular weight excluding hydrogens is 650 g/mol. The van der Waals surface area contributed by atoms with Gasteiger partial charge >= 0.3 is 5.97 Å². The smallest absolute Gasteiger partial charge is 0.347 e. The average Bonchev–Trinajstić information content (AvgIpc) is 3.67. The number of nitrogens with zero attached hydrogens (tertiary/aromatic N) is 2. The lowest BCUT2D eigenvalue weighted by Gasteiger charge is -2.52. The Balaban J connectivity index is 1.71. The lowest BCUT2D eigenvalue weighted by atomic mass is 9.85. The Bertz CT molecular complexity index is 1700. The molecule has 2 aromatic carbocycles. The maximum atomic E-state index is 15.0. The van der Waals surface area contributed by atoms with Crippen LogP contribution in [0.5, 0.6) is 0 Å². The van der Waals surface area contributed by atoms with Crippen LogP contribution in [-0.4, -0.2) is 57.4 Å². The monoisotopic (exact) mass is 682 g/mol. The minimum atomic E-state index is -3.71. The predicted molar refractivity (Wildman–Crippen MR) is 168 cm³/mol. The first-order valence-electron chi connectivity index (χ1n) is 14.1. The van der Waals surface area contributed by atoms with Gasteiger partial charge in [0, 0.05) is 17.5 Å².